The number of nitrogens with one attached hydrogen (secondary N) is 1. The largest absolute Gasteiger partial charge is 0.314 e. The van der Waals surface area contributed by atoms with E-state index in [1.54, 1.807) is 19.1 Å². The van der Waals surface area contributed by atoms with Gasteiger partial charge in [0.25, 0.3) is 0 Å². The molecule has 0 amide bonds. The van der Waals surface area contributed by atoms with Crippen molar-refractivity contribution in [2.45, 2.75) is 44.6 Å². The van der Waals surface area contributed by atoms with Crippen LogP contribution in [0.2, 0.25) is 0 Å². The first-order valence-corrected chi connectivity index (χ1v) is 14.2. The molecule has 2 heterocycles. The molecule has 0 aliphatic carbocycles. The van der Waals surface area contributed by atoms with E-state index in [-0.39, 0.29) is 23.2 Å². The van der Waals surface area contributed by atoms with Crippen molar-refractivity contribution in [2.24, 2.45) is 0 Å². The van der Waals surface area contributed by atoms with E-state index in [1.165, 1.54) is 8.61 Å². The smallest absolute Gasteiger partial charge is 0.243 e. The predicted molar refractivity (Wildman–Crippen MR) is 123 cm³/mol. The molecule has 0 bridgehead atoms. The highest BCUT2D eigenvalue weighted by Gasteiger charge is 2.34. The Hall–Kier alpha value is -1.04. The Morgan fingerprint density at radius 2 is 1.81 bits per heavy atom. The van der Waals surface area contributed by atoms with Gasteiger partial charge in [-0.05, 0) is 51.4 Å². The summed E-state index contributed by atoms with van der Waals surface area (Å²) in [6.45, 7) is 10.0. The summed E-state index contributed by atoms with van der Waals surface area (Å²) in [6, 6.07) is 5.41. The standard InChI is InChI=1S/C21H36N4O4S2/c1-4-23-11-5-6-20(23)17-25(14-15-30(26,27)24-12-9-22-10-13-24)31(28,29)21-8-7-18(2)16-19(21)3/h7-8,16,20,22H,4-6,9-15,17H2,1-3H3. The molecule has 0 aromatic heterocycles. The maximum absolute atomic E-state index is 13.6. The minimum atomic E-state index is -3.81. The normalized spacial score (nSPS) is 21.7. The minimum Gasteiger partial charge on any atom is -0.314 e. The Morgan fingerprint density at radius 3 is 2.45 bits per heavy atom. The van der Waals surface area contributed by atoms with E-state index in [0.717, 1.165) is 31.5 Å². The molecular weight excluding hydrogens is 436 g/mol. The number of aryl methyl sites for hydroxylation is 2. The fourth-order valence-electron chi connectivity index (χ4n) is 4.56. The molecule has 1 atom stereocenters. The van der Waals surface area contributed by atoms with Gasteiger partial charge in [0.2, 0.25) is 20.0 Å². The van der Waals surface area contributed by atoms with Crippen molar-refractivity contribution in [3.8, 4) is 0 Å². The van der Waals surface area contributed by atoms with Crippen LogP contribution < -0.4 is 5.32 Å². The fraction of sp³-hybridized carbons (Fsp3) is 0.714. The average molecular weight is 473 g/mol. The zero-order valence-electron chi connectivity index (χ0n) is 18.9. The fourth-order valence-corrected chi connectivity index (χ4v) is 7.81. The molecule has 1 aromatic rings. The van der Waals surface area contributed by atoms with Crippen LogP contribution >= 0.6 is 0 Å². The number of piperazine rings is 1. The first-order chi connectivity index (χ1) is 14.6. The zero-order chi connectivity index (χ0) is 22.6. The SMILES string of the molecule is CCN1CCCC1CN(CCS(=O)(=O)N1CCNCC1)S(=O)(=O)c1ccc(C)cc1C. The summed E-state index contributed by atoms with van der Waals surface area (Å²) in [5.41, 5.74) is 1.69. The lowest BCUT2D eigenvalue weighted by atomic mass is 10.2. The van der Waals surface area contributed by atoms with Gasteiger partial charge in [0.15, 0.2) is 0 Å². The molecule has 3 rings (SSSR count). The Morgan fingerprint density at radius 1 is 1.10 bits per heavy atom. The van der Waals surface area contributed by atoms with Crippen molar-refractivity contribution >= 4 is 20.0 Å². The first kappa shape index (κ1) is 24.6. The van der Waals surface area contributed by atoms with Gasteiger partial charge in [0.1, 0.15) is 0 Å². The molecule has 1 N–H and O–H groups in total. The van der Waals surface area contributed by atoms with Crippen LogP contribution in [-0.2, 0) is 20.0 Å². The molecule has 176 valence electrons. The van der Waals surface area contributed by atoms with E-state index < -0.39 is 20.0 Å². The third-order valence-corrected chi connectivity index (χ3v) is 10.2. The second-order valence-corrected chi connectivity index (χ2v) is 12.5. The molecule has 0 radical (unpaired) electrons. The molecule has 2 aliphatic heterocycles. The van der Waals surface area contributed by atoms with Gasteiger partial charge >= 0.3 is 0 Å². The first-order valence-electron chi connectivity index (χ1n) is 11.1. The van der Waals surface area contributed by atoms with Crippen molar-refractivity contribution in [1.82, 2.24) is 18.8 Å². The van der Waals surface area contributed by atoms with E-state index in [9.17, 15) is 16.8 Å². The van der Waals surface area contributed by atoms with Gasteiger partial charge in [0.05, 0.1) is 10.6 Å². The van der Waals surface area contributed by atoms with Gasteiger partial charge in [-0.1, -0.05) is 24.6 Å². The second kappa shape index (κ2) is 10.3. The molecule has 2 fully saturated rings. The number of benzene rings is 1. The Bertz CT molecular complexity index is 960. The number of sulfonamides is 2. The van der Waals surface area contributed by atoms with Gasteiger partial charge in [-0.15, -0.1) is 0 Å². The van der Waals surface area contributed by atoms with E-state index in [0.29, 0.717) is 38.3 Å². The molecule has 10 heteroatoms. The Balaban J connectivity index is 1.85. The van der Waals surface area contributed by atoms with Crippen LogP contribution in [0.1, 0.15) is 30.9 Å². The molecule has 1 aromatic carbocycles. The van der Waals surface area contributed by atoms with Crippen LogP contribution in [0.15, 0.2) is 23.1 Å². The predicted octanol–water partition coefficient (Wildman–Crippen LogP) is 1.01. The van der Waals surface area contributed by atoms with E-state index in [4.69, 9.17) is 0 Å². The highest BCUT2D eigenvalue weighted by molar-refractivity contribution is 7.90. The highest BCUT2D eigenvalue weighted by atomic mass is 32.2. The van der Waals surface area contributed by atoms with E-state index in [2.05, 4.69) is 17.1 Å². The van der Waals surface area contributed by atoms with Crippen molar-refractivity contribution < 1.29 is 16.8 Å². The van der Waals surface area contributed by atoms with Crippen LogP contribution in [0, 0.1) is 13.8 Å². The Labute approximate surface area is 187 Å². The maximum Gasteiger partial charge on any atom is 0.243 e. The van der Waals surface area contributed by atoms with E-state index >= 15 is 0 Å². The number of hydrogen-bond donors (Lipinski definition) is 1. The van der Waals surface area contributed by atoms with Crippen LogP contribution in [0.5, 0.6) is 0 Å². The van der Waals surface area contributed by atoms with Gasteiger partial charge in [-0.2, -0.15) is 8.61 Å². The molecule has 8 nitrogen and oxygen atoms in total. The van der Waals surface area contributed by atoms with Crippen molar-refractivity contribution in [1.29, 1.82) is 0 Å². The van der Waals surface area contributed by atoms with Crippen LogP contribution in [-0.4, -0.2) is 94.5 Å². The minimum absolute atomic E-state index is 0.0318. The monoisotopic (exact) mass is 472 g/mol. The summed E-state index contributed by atoms with van der Waals surface area (Å²) < 4.78 is 55.9. The molecule has 31 heavy (non-hydrogen) atoms. The zero-order valence-corrected chi connectivity index (χ0v) is 20.5. The Kier molecular flexibility index (Phi) is 8.15. The molecular formula is C21H36N4O4S2. The van der Waals surface area contributed by atoms with Gasteiger partial charge in [-0.3, -0.25) is 4.90 Å². The number of hydrogen-bond acceptors (Lipinski definition) is 6. The molecule has 2 aliphatic rings. The van der Waals surface area contributed by atoms with Gasteiger partial charge < -0.3 is 5.32 Å². The van der Waals surface area contributed by atoms with Crippen molar-refractivity contribution in [2.75, 3.05) is 58.1 Å². The van der Waals surface area contributed by atoms with Crippen molar-refractivity contribution in [3.05, 3.63) is 29.3 Å². The summed E-state index contributed by atoms with van der Waals surface area (Å²) in [5, 5.41) is 3.15. The number of rotatable bonds is 9. The summed E-state index contributed by atoms with van der Waals surface area (Å²) in [4.78, 5) is 2.55. The lowest BCUT2D eigenvalue weighted by Crippen LogP contribution is -2.49. The maximum atomic E-state index is 13.6. The number of likely N-dealkylation sites (tertiary alicyclic amines) is 1. The van der Waals surface area contributed by atoms with Gasteiger partial charge in [-0.25, -0.2) is 16.8 Å². The van der Waals surface area contributed by atoms with Crippen molar-refractivity contribution in [3.63, 3.8) is 0 Å². The third kappa shape index (κ3) is 5.85. The summed E-state index contributed by atoms with van der Waals surface area (Å²) >= 11 is 0. The highest BCUT2D eigenvalue weighted by Crippen LogP contribution is 2.25. The lowest BCUT2D eigenvalue weighted by molar-refractivity contribution is 0.229. The van der Waals surface area contributed by atoms with Gasteiger partial charge in [0, 0.05) is 45.3 Å². The average Bonchev–Trinajstić information content (AvgIpc) is 3.18. The summed E-state index contributed by atoms with van der Waals surface area (Å²) in [7, 11) is -7.33. The second-order valence-electron chi connectivity index (χ2n) is 8.52. The topological polar surface area (TPSA) is 90.0 Å². The molecule has 2 saturated heterocycles. The molecule has 0 spiro atoms. The molecule has 1 unspecified atom stereocenters. The summed E-state index contributed by atoms with van der Waals surface area (Å²) in [5.74, 6) is -0.198. The number of nitrogens with zero attached hydrogens (tertiary/aromatic N) is 3. The van der Waals surface area contributed by atoms with Crippen LogP contribution in [0.3, 0.4) is 0 Å². The molecule has 0 saturated carbocycles. The third-order valence-electron chi connectivity index (χ3n) is 6.34. The van der Waals surface area contributed by atoms with Crippen LogP contribution in [0.25, 0.3) is 0 Å². The van der Waals surface area contributed by atoms with Crippen LogP contribution in [0.4, 0.5) is 0 Å². The van der Waals surface area contributed by atoms with E-state index in [1.807, 2.05) is 13.0 Å². The quantitative estimate of drug-likeness (QED) is 0.577. The number of likely N-dealkylation sites (N-methyl/N-ethyl adjacent to an activating group) is 1. The lowest BCUT2D eigenvalue weighted by Gasteiger charge is -2.31. The summed E-state index contributed by atoms with van der Waals surface area (Å²) in [6.07, 6.45) is 1.96.